The minimum Gasteiger partial charge on any atom is -0.385 e. The van der Waals surface area contributed by atoms with Gasteiger partial charge in [0.2, 0.25) is 0 Å². The maximum absolute atomic E-state index is 10.9. The van der Waals surface area contributed by atoms with Crippen molar-refractivity contribution in [3.05, 3.63) is 28.8 Å². The summed E-state index contributed by atoms with van der Waals surface area (Å²) in [6.07, 6.45) is 1.75. The largest absolute Gasteiger partial charge is 0.385 e. The molecule has 17 heavy (non-hydrogen) atoms. The van der Waals surface area contributed by atoms with E-state index >= 15 is 0 Å². The number of rotatable bonds is 5. The van der Waals surface area contributed by atoms with Crippen LogP contribution < -0.4 is 5.32 Å². The van der Waals surface area contributed by atoms with Crippen LogP contribution in [0.2, 0.25) is 5.02 Å². The zero-order valence-corrected chi connectivity index (χ0v) is 11.0. The monoisotopic (exact) mass is 272 g/mol. The van der Waals surface area contributed by atoms with Crippen molar-refractivity contribution in [2.24, 2.45) is 0 Å². The van der Waals surface area contributed by atoms with E-state index in [-0.39, 0.29) is 5.75 Å². The molecule has 0 aliphatic heterocycles. The number of halogens is 1. The Morgan fingerprint density at radius 3 is 2.71 bits per heavy atom. The second-order valence-electron chi connectivity index (χ2n) is 3.72. The molecule has 1 N–H and O–H groups in total. The number of hydrogen-bond donors (Lipinski definition) is 1. The smallest absolute Gasteiger partial charge is 0.147 e. The summed E-state index contributed by atoms with van der Waals surface area (Å²) in [6.45, 7) is 0.551. The summed E-state index contributed by atoms with van der Waals surface area (Å²) in [5.41, 5.74) is 1.20. The van der Waals surface area contributed by atoms with Crippen molar-refractivity contribution in [1.82, 2.24) is 0 Å². The van der Waals surface area contributed by atoms with E-state index in [1.807, 2.05) is 6.07 Å². The molecule has 0 atom stereocenters. The molecular formula is C11H13ClN2O2S. The Bertz CT molecular complexity index is 535. The van der Waals surface area contributed by atoms with Crippen molar-refractivity contribution < 1.29 is 8.42 Å². The van der Waals surface area contributed by atoms with Crippen LogP contribution in [0.1, 0.15) is 12.0 Å². The number of nitrogens with one attached hydrogen (secondary N) is 1. The average molecular weight is 273 g/mol. The zero-order valence-electron chi connectivity index (χ0n) is 9.40. The van der Waals surface area contributed by atoms with Gasteiger partial charge >= 0.3 is 0 Å². The molecule has 0 fully saturated rings. The van der Waals surface area contributed by atoms with Crippen molar-refractivity contribution >= 4 is 27.1 Å². The van der Waals surface area contributed by atoms with Crippen molar-refractivity contribution in [1.29, 1.82) is 5.26 Å². The minimum atomic E-state index is -2.91. The molecule has 0 radical (unpaired) electrons. The van der Waals surface area contributed by atoms with Crippen LogP contribution in [0, 0.1) is 11.3 Å². The third kappa shape index (κ3) is 5.07. The Morgan fingerprint density at radius 1 is 1.47 bits per heavy atom. The van der Waals surface area contributed by atoms with Crippen LogP contribution in [0.25, 0.3) is 0 Å². The fourth-order valence-electron chi connectivity index (χ4n) is 1.28. The van der Waals surface area contributed by atoms with E-state index in [9.17, 15) is 8.42 Å². The molecule has 0 spiro atoms. The molecule has 92 valence electrons. The standard InChI is InChI=1S/C11H13ClN2O2S/c1-17(15,16)6-2-5-14-10-4-3-9(8-13)11(12)7-10/h3-4,7,14H,2,5-6H2,1H3. The van der Waals surface area contributed by atoms with E-state index in [0.717, 1.165) is 5.69 Å². The highest BCUT2D eigenvalue weighted by atomic mass is 35.5. The highest BCUT2D eigenvalue weighted by Gasteiger charge is 2.03. The Labute approximate surface area is 106 Å². The normalized spacial score (nSPS) is 10.9. The number of anilines is 1. The van der Waals surface area contributed by atoms with Gasteiger partial charge < -0.3 is 5.32 Å². The fraction of sp³-hybridized carbons (Fsp3) is 0.364. The van der Waals surface area contributed by atoms with Gasteiger partial charge in [0.15, 0.2) is 0 Å². The molecule has 0 aromatic heterocycles. The summed E-state index contributed by atoms with van der Waals surface area (Å²) < 4.78 is 21.8. The van der Waals surface area contributed by atoms with Crippen LogP contribution in [0.5, 0.6) is 0 Å². The second-order valence-corrected chi connectivity index (χ2v) is 6.38. The molecule has 0 aliphatic carbocycles. The van der Waals surface area contributed by atoms with Gasteiger partial charge in [-0.05, 0) is 24.6 Å². The molecular weight excluding hydrogens is 260 g/mol. The van der Waals surface area contributed by atoms with Crippen LogP contribution in [0.3, 0.4) is 0 Å². The third-order valence-electron chi connectivity index (χ3n) is 2.11. The van der Waals surface area contributed by atoms with Crippen molar-refractivity contribution in [2.45, 2.75) is 6.42 Å². The number of benzene rings is 1. The van der Waals surface area contributed by atoms with E-state index in [1.54, 1.807) is 18.2 Å². The summed E-state index contributed by atoms with van der Waals surface area (Å²) in [5, 5.41) is 12.1. The van der Waals surface area contributed by atoms with Crippen LogP contribution in [-0.2, 0) is 9.84 Å². The summed E-state index contributed by atoms with van der Waals surface area (Å²) in [7, 11) is -2.91. The van der Waals surface area contributed by atoms with E-state index < -0.39 is 9.84 Å². The Hall–Kier alpha value is -1.25. The predicted molar refractivity (Wildman–Crippen MR) is 69.0 cm³/mol. The topological polar surface area (TPSA) is 70.0 Å². The first-order chi connectivity index (χ1) is 7.92. The molecule has 4 nitrogen and oxygen atoms in total. The molecule has 0 heterocycles. The van der Waals surface area contributed by atoms with Gasteiger partial charge in [0, 0.05) is 18.5 Å². The first kappa shape index (κ1) is 13.8. The molecule has 1 aromatic carbocycles. The first-order valence-corrected chi connectivity index (χ1v) is 7.47. The third-order valence-corrected chi connectivity index (χ3v) is 3.45. The summed E-state index contributed by atoms with van der Waals surface area (Å²) >= 11 is 5.86. The molecule has 0 saturated carbocycles. The van der Waals surface area contributed by atoms with E-state index in [2.05, 4.69) is 5.32 Å². The average Bonchev–Trinajstić information content (AvgIpc) is 2.23. The Balaban J connectivity index is 2.48. The van der Waals surface area contributed by atoms with Crippen LogP contribution in [0.15, 0.2) is 18.2 Å². The summed E-state index contributed by atoms with van der Waals surface area (Å²) in [4.78, 5) is 0. The fourth-order valence-corrected chi connectivity index (χ4v) is 2.17. The van der Waals surface area contributed by atoms with Gasteiger partial charge in [-0.1, -0.05) is 11.6 Å². The van der Waals surface area contributed by atoms with Gasteiger partial charge in [-0.3, -0.25) is 0 Å². The highest BCUT2D eigenvalue weighted by Crippen LogP contribution is 2.19. The second kappa shape index (κ2) is 5.89. The summed E-state index contributed by atoms with van der Waals surface area (Å²) in [5.74, 6) is 0.157. The van der Waals surface area contributed by atoms with Gasteiger partial charge in [0.1, 0.15) is 15.9 Å². The van der Waals surface area contributed by atoms with Gasteiger partial charge in [0.05, 0.1) is 16.3 Å². The zero-order chi connectivity index (χ0) is 12.9. The molecule has 0 saturated heterocycles. The Morgan fingerprint density at radius 2 is 2.18 bits per heavy atom. The van der Waals surface area contributed by atoms with Crippen LogP contribution >= 0.6 is 11.6 Å². The molecule has 0 bridgehead atoms. The molecule has 0 unspecified atom stereocenters. The van der Waals surface area contributed by atoms with E-state index in [0.29, 0.717) is 23.6 Å². The van der Waals surface area contributed by atoms with E-state index in [4.69, 9.17) is 16.9 Å². The number of nitrogens with zero attached hydrogens (tertiary/aromatic N) is 1. The van der Waals surface area contributed by atoms with Gasteiger partial charge in [-0.2, -0.15) is 5.26 Å². The number of hydrogen-bond acceptors (Lipinski definition) is 4. The highest BCUT2D eigenvalue weighted by molar-refractivity contribution is 7.90. The maximum atomic E-state index is 10.9. The molecule has 0 aliphatic rings. The van der Waals surface area contributed by atoms with Crippen LogP contribution in [-0.4, -0.2) is 27.0 Å². The van der Waals surface area contributed by atoms with Crippen molar-refractivity contribution in [2.75, 3.05) is 23.9 Å². The lowest BCUT2D eigenvalue weighted by molar-refractivity contribution is 0.600. The van der Waals surface area contributed by atoms with Crippen LogP contribution in [0.4, 0.5) is 5.69 Å². The first-order valence-electron chi connectivity index (χ1n) is 5.03. The van der Waals surface area contributed by atoms with Gasteiger partial charge in [0.25, 0.3) is 0 Å². The number of sulfone groups is 1. The predicted octanol–water partition coefficient (Wildman–Crippen LogP) is 2.06. The lowest BCUT2D eigenvalue weighted by atomic mass is 10.2. The van der Waals surface area contributed by atoms with Gasteiger partial charge in [-0.25, -0.2) is 8.42 Å². The SMILES string of the molecule is CS(=O)(=O)CCCNc1ccc(C#N)c(Cl)c1. The molecule has 0 amide bonds. The minimum absolute atomic E-state index is 0.157. The van der Waals surface area contributed by atoms with Crippen molar-refractivity contribution in [3.8, 4) is 6.07 Å². The lowest BCUT2D eigenvalue weighted by Gasteiger charge is -2.06. The van der Waals surface area contributed by atoms with Gasteiger partial charge in [-0.15, -0.1) is 0 Å². The molecule has 6 heteroatoms. The number of nitriles is 1. The Kier molecular flexibility index (Phi) is 4.79. The molecule has 1 rings (SSSR count). The summed E-state index contributed by atoms with van der Waals surface area (Å²) in [6, 6.07) is 6.99. The quantitative estimate of drug-likeness (QED) is 0.833. The van der Waals surface area contributed by atoms with E-state index in [1.165, 1.54) is 6.26 Å². The molecule has 1 aromatic rings. The van der Waals surface area contributed by atoms with Crippen molar-refractivity contribution in [3.63, 3.8) is 0 Å². The lowest BCUT2D eigenvalue weighted by Crippen LogP contribution is -2.09. The maximum Gasteiger partial charge on any atom is 0.147 e.